The van der Waals surface area contributed by atoms with Crippen molar-refractivity contribution in [2.75, 3.05) is 10.6 Å². The highest BCUT2D eigenvalue weighted by atomic mass is 35.5. The lowest BCUT2D eigenvalue weighted by molar-refractivity contribution is -0.274. The average molecular weight is 404 g/mol. The van der Waals surface area contributed by atoms with E-state index in [9.17, 15) is 23.1 Å². The fraction of sp³-hybridized carbons (Fsp3) is 0.0667. The van der Waals surface area contributed by atoms with Crippen molar-refractivity contribution < 1.29 is 27.8 Å². The maximum absolute atomic E-state index is 12.3. The molecule has 6 nitrogen and oxygen atoms in total. The zero-order valence-corrected chi connectivity index (χ0v) is 14.2. The maximum atomic E-state index is 12.3. The van der Waals surface area contributed by atoms with Crippen molar-refractivity contribution >= 4 is 50.0 Å². The molecule has 1 aromatic heterocycles. The number of alkyl halides is 3. The van der Waals surface area contributed by atoms with E-state index in [1.165, 1.54) is 30.3 Å². The van der Waals surface area contributed by atoms with Gasteiger partial charge in [0.1, 0.15) is 11.5 Å². The van der Waals surface area contributed by atoms with Crippen LogP contribution in [0.3, 0.4) is 0 Å². The Morgan fingerprint density at radius 3 is 2.65 bits per heavy atom. The molecule has 136 valence electrons. The number of thiazole rings is 1. The molecular weight excluding hydrogens is 395 g/mol. The molecule has 3 N–H and O–H groups in total. The number of rotatable bonds is 3. The normalized spacial score (nSPS) is 11.4. The van der Waals surface area contributed by atoms with Gasteiger partial charge in [-0.25, -0.2) is 9.78 Å². The molecular formula is C15H9ClF3N3O3S. The van der Waals surface area contributed by atoms with Crippen LogP contribution in [-0.4, -0.2) is 22.5 Å². The first-order chi connectivity index (χ1) is 12.2. The van der Waals surface area contributed by atoms with Gasteiger partial charge < -0.3 is 15.2 Å². The number of aromatic hydroxyl groups is 1. The summed E-state index contributed by atoms with van der Waals surface area (Å²) in [7, 11) is 0. The SMILES string of the molecule is O=C(Nc1nc2ccc(OC(F)(F)F)cc2s1)Nc1ccc(Cl)cc1O. The topological polar surface area (TPSA) is 83.5 Å². The molecule has 0 saturated carbocycles. The Morgan fingerprint density at radius 1 is 1.19 bits per heavy atom. The molecule has 2 amide bonds. The molecule has 0 spiro atoms. The molecule has 0 aliphatic rings. The van der Waals surface area contributed by atoms with E-state index in [0.29, 0.717) is 15.2 Å². The predicted molar refractivity (Wildman–Crippen MR) is 92.1 cm³/mol. The number of phenolic OH excluding ortho intramolecular Hbond substituents is 1. The van der Waals surface area contributed by atoms with Gasteiger partial charge in [-0.2, -0.15) is 0 Å². The Labute approximate surface area is 153 Å². The van der Waals surface area contributed by atoms with Crippen LogP contribution in [0.1, 0.15) is 0 Å². The third-order valence-electron chi connectivity index (χ3n) is 3.02. The van der Waals surface area contributed by atoms with Crippen molar-refractivity contribution in [3.8, 4) is 11.5 Å². The fourth-order valence-corrected chi connectivity index (χ4v) is 3.07. The van der Waals surface area contributed by atoms with Crippen LogP contribution in [0.4, 0.5) is 28.8 Å². The summed E-state index contributed by atoms with van der Waals surface area (Å²) in [6, 6.07) is 7.12. The highest BCUT2D eigenvalue weighted by Crippen LogP contribution is 2.32. The van der Waals surface area contributed by atoms with E-state index in [1.54, 1.807) is 0 Å². The summed E-state index contributed by atoms with van der Waals surface area (Å²) in [5, 5.41) is 15.0. The van der Waals surface area contributed by atoms with Crippen LogP contribution in [0.25, 0.3) is 10.2 Å². The lowest BCUT2D eigenvalue weighted by Gasteiger charge is -2.07. The van der Waals surface area contributed by atoms with Crippen molar-refractivity contribution in [3.63, 3.8) is 0 Å². The highest BCUT2D eigenvalue weighted by molar-refractivity contribution is 7.22. The third-order valence-corrected chi connectivity index (χ3v) is 4.19. The molecule has 2 aromatic carbocycles. The molecule has 3 rings (SSSR count). The molecule has 11 heteroatoms. The fourth-order valence-electron chi connectivity index (χ4n) is 2.02. The van der Waals surface area contributed by atoms with Crippen molar-refractivity contribution in [3.05, 3.63) is 41.4 Å². The second-order valence-electron chi connectivity index (χ2n) is 4.94. The average Bonchev–Trinajstić information content (AvgIpc) is 2.89. The Hall–Kier alpha value is -2.72. The summed E-state index contributed by atoms with van der Waals surface area (Å²) in [6.07, 6.45) is -4.79. The van der Waals surface area contributed by atoms with Gasteiger partial charge in [0.15, 0.2) is 5.13 Å². The number of hydrogen-bond donors (Lipinski definition) is 3. The molecule has 3 aromatic rings. The van der Waals surface area contributed by atoms with Crippen LogP contribution in [0, 0.1) is 0 Å². The van der Waals surface area contributed by atoms with Gasteiger partial charge in [-0.05, 0) is 24.3 Å². The maximum Gasteiger partial charge on any atom is 0.573 e. The van der Waals surface area contributed by atoms with Gasteiger partial charge in [0.2, 0.25) is 0 Å². The molecule has 26 heavy (non-hydrogen) atoms. The van der Waals surface area contributed by atoms with Gasteiger partial charge in [-0.3, -0.25) is 5.32 Å². The summed E-state index contributed by atoms with van der Waals surface area (Å²) in [5.74, 6) is -0.596. The summed E-state index contributed by atoms with van der Waals surface area (Å²) >= 11 is 6.67. The molecule has 0 saturated heterocycles. The van der Waals surface area contributed by atoms with Crippen LogP contribution < -0.4 is 15.4 Å². The number of aromatic nitrogens is 1. The molecule has 1 heterocycles. The number of hydrogen-bond acceptors (Lipinski definition) is 5. The number of phenols is 1. The van der Waals surface area contributed by atoms with E-state index in [0.717, 1.165) is 17.4 Å². The van der Waals surface area contributed by atoms with Crippen molar-refractivity contribution in [2.24, 2.45) is 0 Å². The zero-order valence-electron chi connectivity index (χ0n) is 12.6. The molecule has 0 aliphatic heterocycles. The first kappa shape index (κ1) is 18.1. The monoisotopic (exact) mass is 403 g/mol. The van der Waals surface area contributed by atoms with E-state index < -0.39 is 12.4 Å². The molecule has 0 fully saturated rings. The smallest absolute Gasteiger partial charge is 0.506 e. The van der Waals surface area contributed by atoms with Crippen LogP contribution >= 0.6 is 22.9 Å². The number of urea groups is 1. The van der Waals surface area contributed by atoms with Gasteiger partial charge in [0.25, 0.3) is 0 Å². The van der Waals surface area contributed by atoms with Crippen LogP contribution in [0.2, 0.25) is 5.02 Å². The minimum atomic E-state index is -4.79. The third kappa shape index (κ3) is 4.46. The van der Waals surface area contributed by atoms with Crippen LogP contribution in [0.5, 0.6) is 11.5 Å². The number of ether oxygens (including phenoxy) is 1. The lowest BCUT2D eigenvalue weighted by Crippen LogP contribution is -2.19. The number of anilines is 2. The lowest BCUT2D eigenvalue weighted by atomic mass is 10.3. The minimum absolute atomic E-state index is 0.133. The van der Waals surface area contributed by atoms with Crippen LogP contribution in [-0.2, 0) is 0 Å². The van der Waals surface area contributed by atoms with Crippen LogP contribution in [0.15, 0.2) is 36.4 Å². The number of fused-ring (bicyclic) bond motifs is 1. The molecule has 0 radical (unpaired) electrons. The number of carbonyl (C=O) groups excluding carboxylic acids is 1. The number of benzene rings is 2. The summed E-state index contributed by atoms with van der Waals surface area (Å²) in [5.41, 5.74) is 0.531. The number of nitrogens with zero attached hydrogens (tertiary/aromatic N) is 1. The van der Waals surface area contributed by atoms with E-state index >= 15 is 0 Å². The second kappa shape index (κ2) is 6.89. The standard InChI is InChI=1S/C15H9ClF3N3O3S/c16-7-1-3-9(11(23)5-7)20-13(24)22-14-21-10-4-2-8(6-12(10)26-14)25-15(17,18)19/h1-6,23H,(H2,20,21,22,24). The molecule has 0 unspecified atom stereocenters. The van der Waals surface area contributed by atoms with Gasteiger partial charge in [-0.15, -0.1) is 13.2 Å². The second-order valence-corrected chi connectivity index (χ2v) is 6.40. The zero-order chi connectivity index (χ0) is 18.9. The van der Waals surface area contributed by atoms with Gasteiger partial charge in [0, 0.05) is 17.2 Å². The summed E-state index contributed by atoms with van der Waals surface area (Å²) in [4.78, 5) is 16.1. The predicted octanol–water partition coefficient (Wildman–Crippen LogP) is 5.20. The highest BCUT2D eigenvalue weighted by Gasteiger charge is 2.31. The first-order valence-corrected chi connectivity index (χ1v) is 8.12. The summed E-state index contributed by atoms with van der Waals surface area (Å²) in [6.45, 7) is 0. The number of carbonyl (C=O) groups is 1. The number of amides is 2. The van der Waals surface area contributed by atoms with Crippen molar-refractivity contribution in [1.29, 1.82) is 0 Å². The first-order valence-electron chi connectivity index (χ1n) is 6.92. The number of nitrogens with one attached hydrogen (secondary N) is 2. The molecule has 0 atom stereocenters. The molecule has 0 bridgehead atoms. The van der Waals surface area contributed by atoms with E-state index in [1.807, 2.05) is 0 Å². The van der Waals surface area contributed by atoms with E-state index in [-0.39, 0.29) is 22.3 Å². The Balaban J connectivity index is 1.73. The largest absolute Gasteiger partial charge is 0.573 e. The van der Waals surface area contributed by atoms with Gasteiger partial charge in [-0.1, -0.05) is 22.9 Å². The Bertz CT molecular complexity index is 978. The Kier molecular flexibility index (Phi) is 4.79. The Morgan fingerprint density at radius 2 is 1.96 bits per heavy atom. The van der Waals surface area contributed by atoms with E-state index in [2.05, 4.69) is 20.4 Å². The minimum Gasteiger partial charge on any atom is -0.506 e. The van der Waals surface area contributed by atoms with Gasteiger partial charge >= 0.3 is 12.4 Å². The summed E-state index contributed by atoms with van der Waals surface area (Å²) < 4.78 is 41.0. The van der Waals surface area contributed by atoms with E-state index in [4.69, 9.17) is 11.6 Å². The van der Waals surface area contributed by atoms with Gasteiger partial charge in [0.05, 0.1) is 15.9 Å². The van der Waals surface area contributed by atoms with Crippen molar-refractivity contribution in [1.82, 2.24) is 4.98 Å². The molecule has 0 aliphatic carbocycles. The quantitative estimate of drug-likeness (QED) is 0.525. The van der Waals surface area contributed by atoms with Crippen molar-refractivity contribution in [2.45, 2.75) is 6.36 Å². The number of halogens is 4.